The Morgan fingerprint density at radius 3 is 2.53 bits per heavy atom. The minimum atomic E-state index is -0.885. The van der Waals surface area contributed by atoms with Gasteiger partial charge in [0.25, 0.3) is 0 Å². The average Bonchev–Trinajstić information content (AvgIpc) is 3.65. The minimum absolute atomic E-state index is 0.0157. The van der Waals surface area contributed by atoms with Crippen molar-refractivity contribution < 1.29 is 28.9 Å². The van der Waals surface area contributed by atoms with Gasteiger partial charge in [0.05, 0.1) is 24.5 Å². The van der Waals surface area contributed by atoms with Gasteiger partial charge in [0.1, 0.15) is 17.8 Å². The number of ether oxygens (including phenoxy) is 1. The molecule has 11 nitrogen and oxygen atoms in total. The van der Waals surface area contributed by atoms with E-state index in [1.54, 1.807) is 4.90 Å². The van der Waals surface area contributed by atoms with Crippen molar-refractivity contribution in [3.63, 3.8) is 0 Å². The molecule has 4 N–H and O–H groups in total. The second-order valence-electron chi connectivity index (χ2n) is 13.1. The molecule has 2 atom stereocenters. The SMILES string of the molecule is Cc1c(NC(=O)N2CC(O)C(CC(C)C)C2)cc(F)cc1-c1ncnc2[nH]c(-c3ccc(COC4CCN(C(=O)O)CC4)cc3)cc12. The number of hydrogen-bond donors (Lipinski definition) is 4. The number of carbonyl (C=O) groups excluding carboxylic acids is 1. The first-order valence-electron chi connectivity index (χ1n) is 16.1. The van der Waals surface area contributed by atoms with Gasteiger partial charge in [0.2, 0.25) is 0 Å². The molecule has 2 aliphatic rings. The lowest BCUT2D eigenvalue weighted by atomic mass is 9.95. The number of carbonyl (C=O) groups is 2. The fourth-order valence-corrected chi connectivity index (χ4v) is 6.62. The number of nitrogens with one attached hydrogen (secondary N) is 2. The highest BCUT2D eigenvalue weighted by atomic mass is 19.1. The molecule has 2 saturated heterocycles. The normalized spacial score (nSPS) is 18.8. The molecule has 2 fully saturated rings. The van der Waals surface area contributed by atoms with Crippen molar-refractivity contribution in [3.8, 4) is 22.5 Å². The van der Waals surface area contributed by atoms with Crippen molar-refractivity contribution in [2.24, 2.45) is 11.8 Å². The highest BCUT2D eigenvalue weighted by Gasteiger charge is 2.34. The number of halogens is 1. The number of carboxylic acid groups (broad SMARTS) is 1. The van der Waals surface area contributed by atoms with Crippen LogP contribution in [0.25, 0.3) is 33.5 Å². The summed E-state index contributed by atoms with van der Waals surface area (Å²) in [6.07, 6.45) is 2.19. The number of urea groups is 1. The Morgan fingerprint density at radius 2 is 1.83 bits per heavy atom. The van der Waals surface area contributed by atoms with E-state index in [2.05, 4.69) is 34.1 Å². The smallest absolute Gasteiger partial charge is 0.407 e. The zero-order valence-corrected chi connectivity index (χ0v) is 26.9. The van der Waals surface area contributed by atoms with Gasteiger partial charge < -0.3 is 35.1 Å². The van der Waals surface area contributed by atoms with E-state index in [-0.39, 0.29) is 24.6 Å². The molecule has 4 aromatic rings. The summed E-state index contributed by atoms with van der Waals surface area (Å²) in [5.74, 6) is -0.0824. The summed E-state index contributed by atoms with van der Waals surface area (Å²) >= 11 is 0. The fourth-order valence-electron chi connectivity index (χ4n) is 6.62. The van der Waals surface area contributed by atoms with E-state index in [1.807, 2.05) is 37.3 Å². The summed E-state index contributed by atoms with van der Waals surface area (Å²) in [6.45, 7) is 8.11. The number of aliphatic hydroxyl groups is 1. The van der Waals surface area contributed by atoms with Crippen LogP contribution in [-0.4, -0.2) is 85.5 Å². The zero-order chi connectivity index (χ0) is 33.2. The molecule has 0 bridgehead atoms. The monoisotopic (exact) mass is 644 g/mol. The largest absolute Gasteiger partial charge is 0.465 e. The highest BCUT2D eigenvalue weighted by molar-refractivity contribution is 5.97. The molecule has 0 saturated carbocycles. The summed E-state index contributed by atoms with van der Waals surface area (Å²) < 4.78 is 21.1. The molecule has 2 aromatic heterocycles. The molecule has 0 spiro atoms. The first-order chi connectivity index (χ1) is 22.5. The van der Waals surface area contributed by atoms with Crippen molar-refractivity contribution in [2.45, 2.75) is 58.8 Å². The van der Waals surface area contributed by atoms with Crippen LogP contribution in [0.3, 0.4) is 0 Å². The molecule has 2 aromatic carbocycles. The topological polar surface area (TPSA) is 144 Å². The number of hydrogen-bond acceptors (Lipinski definition) is 6. The van der Waals surface area contributed by atoms with E-state index >= 15 is 4.39 Å². The molecule has 2 aliphatic heterocycles. The van der Waals surface area contributed by atoms with E-state index < -0.39 is 18.0 Å². The van der Waals surface area contributed by atoms with Crippen LogP contribution in [0.1, 0.15) is 44.2 Å². The molecule has 248 valence electrons. The zero-order valence-electron chi connectivity index (χ0n) is 26.9. The van der Waals surface area contributed by atoms with Crippen molar-refractivity contribution in [1.29, 1.82) is 0 Å². The van der Waals surface area contributed by atoms with Gasteiger partial charge >= 0.3 is 12.1 Å². The van der Waals surface area contributed by atoms with E-state index in [1.165, 1.54) is 23.4 Å². The van der Waals surface area contributed by atoms with Gasteiger partial charge in [-0.3, -0.25) is 0 Å². The van der Waals surface area contributed by atoms with Gasteiger partial charge in [-0.2, -0.15) is 0 Å². The Hall–Kier alpha value is -4.55. The van der Waals surface area contributed by atoms with Crippen LogP contribution in [0.15, 0.2) is 48.8 Å². The summed E-state index contributed by atoms with van der Waals surface area (Å²) in [6, 6.07) is 12.3. The lowest BCUT2D eigenvalue weighted by molar-refractivity contribution is 0.000371. The Bertz CT molecular complexity index is 1750. The number of aromatic nitrogens is 3. The fraction of sp³-hybridized carbons (Fsp3) is 0.429. The number of nitrogens with zero attached hydrogens (tertiary/aromatic N) is 4. The number of aromatic amines is 1. The molecule has 47 heavy (non-hydrogen) atoms. The molecular formula is C35H41FN6O5. The third-order valence-electron chi connectivity index (χ3n) is 9.23. The summed E-state index contributed by atoms with van der Waals surface area (Å²) in [5.41, 5.74) is 5.45. The molecule has 4 heterocycles. The van der Waals surface area contributed by atoms with Crippen molar-refractivity contribution >= 4 is 28.8 Å². The van der Waals surface area contributed by atoms with Gasteiger partial charge in [-0.15, -0.1) is 0 Å². The molecule has 2 unspecified atom stereocenters. The minimum Gasteiger partial charge on any atom is -0.465 e. The van der Waals surface area contributed by atoms with Crippen molar-refractivity contribution in [2.75, 3.05) is 31.5 Å². The number of rotatable bonds is 8. The molecular weight excluding hydrogens is 603 g/mol. The van der Waals surface area contributed by atoms with Crippen LogP contribution in [0.5, 0.6) is 0 Å². The third kappa shape index (κ3) is 7.23. The number of aliphatic hydroxyl groups excluding tert-OH is 1. The second kappa shape index (κ2) is 13.7. The van der Waals surface area contributed by atoms with Crippen LogP contribution >= 0.6 is 0 Å². The molecule has 6 rings (SSSR count). The van der Waals surface area contributed by atoms with E-state index in [9.17, 15) is 14.7 Å². The predicted molar refractivity (Wildman–Crippen MR) is 176 cm³/mol. The first-order valence-corrected chi connectivity index (χ1v) is 16.1. The Labute approximate surface area is 272 Å². The van der Waals surface area contributed by atoms with Gasteiger partial charge in [-0.1, -0.05) is 38.1 Å². The van der Waals surface area contributed by atoms with Gasteiger partial charge in [-0.25, -0.2) is 23.9 Å². The predicted octanol–water partition coefficient (Wildman–Crippen LogP) is 6.27. The van der Waals surface area contributed by atoms with Gasteiger partial charge in [-0.05, 0) is 67.0 Å². The maximum atomic E-state index is 15.0. The number of amides is 3. The van der Waals surface area contributed by atoms with Crippen LogP contribution in [-0.2, 0) is 11.3 Å². The van der Waals surface area contributed by atoms with Crippen LogP contribution in [0.4, 0.5) is 19.7 Å². The molecule has 0 aliphatic carbocycles. The lowest BCUT2D eigenvalue weighted by Crippen LogP contribution is -2.40. The third-order valence-corrected chi connectivity index (χ3v) is 9.23. The summed E-state index contributed by atoms with van der Waals surface area (Å²) in [7, 11) is 0. The lowest BCUT2D eigenvalue weighted by Gasteiger charge is -2.29. The van der Waals surface area contributed by atoms with Crippen LogP contribution in [0, 0.1) is 24.6 Å². The summed E-state index contributed by atoms with van der Waals surface area (Å²) in [4.78, 5) is 39.6. The van der Waals surface area contributed by atoms with Crippen molar-refractivity contribution in [1.82, 2.24) is 24.8 Å². The number of anilines is 1. The van der Waals surface area contributed by atoms with Gasteiger partial charge in [0, 0.05) is 54.4 Å². The van der Waals surface area contributed by atoms with E-state index in [4.69, 9.17) is 9.84 Å². The maximum absolute atomic E-state index is 15.0. The maximum Gasteiger partial charge on any atom is 0.407 e. The number of benzene rings is 2. The van der Waals surface area contributed by atoms with E-state index in [0.717, 1.165) is 23.2 Å². The van der Waals surface area contributed by atoms with Gasteiger partial charge in [0.15, 0.2) is 0 Å². The molecule has 0 radical (unpaired) electrons. The average molecular weight is 645 g/mol. The molecule has 12 heteroatoms. The van der Waals surface area contributed by atoms with E-state index in [0.29, 0.717) is 78.5 Å². The number of H-pyrrole nitrogens is 1. The van der Waals surface area contributed by atoms with Crippen molar-refractivity contribution in [3.05, 3.63) is 65.7 Å². The Kier molecular flexibility index (Phi) is 9.42. The number of β-amino-alcohol motifs (C(OH)–C–C–N with tert-alkyl or cyclic N) is 1. The highest BCUT2D eigenvalue weighted by Crippen LogP contribution is 2.35. The van der Waals surface area contributed by atoms with Crippen LogP contribution in [0.2, 0.25) is 0 Å². The second-order valence-corrected chi connectivity index (χ2v) is 13.1. The Balaban J connectivity index is 1.17. The standard InChI is InChI=1S/C35H41FN6O5/c1-20(2)12-24-16-42(17-31(24)43)34(44)40-29-14-25(36)13-27(21(29)3)32-28-15-30(39-33(28)38-19-37-32)23-6-4-22(5-7-23)18-47-26-8-10-41(11-9-26)35(45)46/h4-7,13-15,19-20,24,26,31,43H,8-12,16-18H2,1-3H3,(H,40,44)(H,45,46)(H,37,38,39). The number of likely N-dealkylation sites (tertiary alicyclic amines) is 2. The molecule has 3 amide bonds. The summed E-state index contributed by atoms with van der Waals surface area (Å²) in [5, 5.41) is 23.2. The first kappa shape index (κ1) is 32.4. The quantitative estimate of drug-likeness (QED) is 0.177. The number of piperidine rings is 1. The number of fused-ring (bicyclic) bond motifs is 1. The van der Waals surface area contributed by atoms with Crippen LogP contribution < -0.4 is 5.32 Å². The Morgan fingerprint density at radius 1 is 1.09 bits per heavy atom.